The van der Waals surface area contributed by atoms with Crippen LogP contribution in [0.15, 0.2) is 53.5 Å². The maximum Gasteiger partial charge on any atom is 0.251 e. The SMILES string of the molecule is CC(C)(C(=O)Nc1ccccc1N)n1ccccc1=O. The van der Waals surface area contributed by atoms with Crippen molar-refractivity contribution in [1.29, 1.82) is 0 Å². The van der Waals surface area contributed by atoms with Gasteiger partial charge in [-0.2, -0.15) is 0 Å². The average Bonchev–Trinajstić information content (AvgIpc) is 2.41. The topological polar surface area (TPSA) is 77.1 Å². The largest absolute Gasteiger partial charge is 0.397 e. The summed E-state index contributed by atoms with van der Waals surface area (Å²) in [4.78, 5) is 24.3. The minimum absolute atomic E-state index is 0.228. The van der Waals surface area contributed by atoms with Gasteiger partial charge in [0, 0.05) is 12.3 Å². The first-order chi connectivity index (χ1) is 9.43. The van der Waals surface area contributed by atoms with Gasteiger partial charge in [0.05, 0.1) is 11.4 Å². The van der Waals surface area contributed by atoms with E-state index in [9.17, 15) is 9.59 Å². The Labute approximate surface area is 117 Å². The summed E-state index contributed by atoms with van der Waals surface area (Å²) in [5, 5.41) is 2.75. The molecule has 0 unspecified atom stereocenters. The van der Waals surface area contributed by atoms with Crippen LogP contribution in [0.2, 0.25) is 0 Å². The molecule has 0 atom stereocenters. The van der Waals surface area contributed by atoms with Crippen LogP contribution in [0.3, 0.4) is 0 Å². The molecule has 104 valence electrons. The van der Waals surface area contributed by atoms with Crippen LogP contribution in [0.5, 0.6) is 0 Å². The minimum atomic E-state index is -1.01. The fourth-order valence-electron chi connectivity index (χ4n) is 1.88. The Morgan fingerprint density at radius 3 is 2.45 bits per heavy atom. The van der Waals surface area contributed by atoms with Crippen molar-refractivity contribution in [2.75, 3.05) is 11.1 Å². The number of para-hydroxylation sites is 2. The van der Waals surface area contributed by atoms with E-state index in [-0.39, 0.29) is 11.5 Å². The van der Waals surface area contributed by atoms with Gasteiger partial charge in [-0.15, -0.1) is 0 Å². The van der Waals surface area contributed by atoms with Crippen molar-refractivity contribution in [3.63, 3.8) is 0 Å². The van der Waals surface area contributed by atoms with Crippen LogP contribution in [0.4, 0.5) is 11.4 Å². The van der Waals surface area contributed by atoms with E-state index in [1.54, 1.807) is 56.4 Å². The van der Waals surface area contributed by atoms with E-state index in [1.807, 2.05) is 0 Å². The van der Waals surface area contributed by atoms with Crippen LogP contribution in [-0.2, 0) is 10.3 Å². The van der Waals surface area contributed by atoms with Gasteiger partial charge in [-0.25, -0.2) is 0 Å². The predicted octanol–water partition coefficient (Wildman–Crippen LogP) is 1.80. The van der Waals surface area contributed by atoms with Crippen molar-refractivity contribution in [1.82, 2.24) is 4.57 Å². The number of benzene rings is 1. The van der Waals surface area contributed by atoms with Gasteiger partial charge in [0.25, 0.3) is 5.56 Å². The number of rotatable bonds is 3. The smallest absolute Gasteiger partial charge is 0.251 e. The van der Waals surface area contributed by atoms with Crippen molar-refractivity contribution >= 4 is 17.3 Å². The minimum Gasteiger partial charge on any atom is -0.397 e. The highest BCUT2D eigenvalue weighted by Gasteiger charge is 2.30. The summed E-state index contributed by atoms with van der Waals surface area (Å²) in [6, 6.07) is 11.8. The molecule has 1 amide bonds. The number of amides is 1. The van der Waals surface area contributed by atoms with Crippen LogP contribution >= 0.6 is 0 Å². The third-order valence-corrected chi connectivity index (χ3v) is 3.19. The van der Waals surface area contributed by atoms with Crippen LogP contribution in [0, 0.1) is 0 Å². The van der Waals surface area contributed by atoms with Crippen LogP contribution in [0.25, 0.3) is 0 Å². The standard InChI is InChI=1S/C15H17N3O2/c1-15(2,18-10-6-5-9-13(18)19)14(20)17-12-8-4-3-7-11(12)16/h3-10H,16H2,1-2H3,(H,17,20). The number of hydrogen-bond donors (Lipinski definition) is 2. The highest BCUT2D eigenvalue weighted by Crippen LogP contribution is 2.21. The Bertz CT molecular complexity index is 689. The number of nitrogens with zero attached hydrogens (tertiary/aromatic N) is 1. The highest BCUT2D eigenvalue weighted by molar-refractivity contribution is 5.98. The van der Waals surface area contributed by atoms with E-state index >= 15 is 0 Å². The molecule has 5 heteroatoms. The molecule has 0 aliphatic rings. The van der Waals surface area contributed by atoms with Crippen molar-refractivity contribution in [3.05, 3.63) is 59.0 Å². The summed E-state index contributed by atoms with van der Waals surface area (Å²) in [5.74, 6) is -0.302. The molecule has 20 heavy (non-hydrogen) atoms. The Balaban J connectivity index is 2.31. The number of nitrogens with two attached hydrogens (primary N) is 1. The molecule has 1 aromatic heterocycles. The average molecular weight is 271 g/mol. The van der Waals surface area contributed by atoms with E-state index < -0.39 is 5.54 Å². The molecule has 3 N–H and O–H groups in total. The van der Waals surface area contributed by atoms with E-state index in [0.29, 0.717) is 11.4 Å². The Hall–Kier alpha value is -2.56. The maximum atomic E-state index is 12.4. The molecule has 0 aliphatic carbocycles. The van der Waals surface area contributed by atoms with Gasteiger partial charge in [-0.05, 0) is 32.0 Å². The van der Waals surface area contributed by atoms with Gasteiger partial charge in [-0.3, -0.25) is 9.59 Å². The molecule has 1 aromatic carbocycles. The zero-order valence-corrected chi connectivity index (χ0v) is 11.5. The molecule has 0 saturated heterocycles. The number of pyridine rings is 1. The second-order valence-electron chi connectivity index (χ2n) is 5.01. The number of aromatic nitrogens is 1. The van der Waals surface area contributed by atoms with Gasteiger partial charge in [0.2, 0.25) is 5.91 Å². The van der Waals surface area contributed by atoms with Crippen LogP contribution in [0.1, 0.15) is 13.8 Å². The molecule has 2 aromatic rings. The summed E-state index contributed by atoms with van der Waals surface area (Å²) in [6.45, 7) is 3.37. The highest BCUT2D eigenvalue weighted by atomic mass is 16.2. The molecule has 5 nitrogen and oxygen atoms in total. The van der Waals surface area contributed by atoms with Gasteiger partial charge in [-0.1, -0.05) is 18.2 Å². The van der Waals surface area contributed by atoms with Crippen LogP contribution in [-0.4, -0.2) is 10.5 Å². The Morgan fingerprint density at radius 1 is 1.15 bits per heavy atom. The van der Waals surface area contributed by atoms with Gasteiger partial charge in [0.15, 0.2) is 0 Å². The molecule has 0 saturated carbocycles. The lowest BCUT2D eigenvalue weighted by Crippen LogP contribution is -2.45. The van der Waals surface area contributed by atoms with E-state index in [1.165, 1.54) is 10.6 Å². The summed E-state index contributed by atoms with van der Waals surface area (Å²) in [7, 11) is 0. The predicted molar refractivity (Wildman–Crippen MR) is 79.5 cm³/mol. The summed E-state index contributed by atoms with van der Waals surface area (Å²) >= 11 is 0. The van der Waals surface area contributed by atoms with Crippen LogP contribution < -0.4 is 16.6 Å². The van der Waals surface area contributed by atoms with Gasteiger partial charge in [0.1, 0.15) is 5.54 Å². The number of nitrogens with one attached hydrogen (secondary N) is 1. The molecule has 0 radical (unpaired) electrons. The quantitative estimate of drug-likeness (QED) is 0.836. The van der Waals surface area contributed by atoms with E-state index in [2.05, 4.69) is 5.32 Å². The second-order valence-corrected chi connectivity index (χ2v) is 5.01. The Kier molecular flexibility index (Phi) is 3.61. The number of nitrogen functional groups attached to an aromatic ring is 1. The second kappa shape index (κ2) is 5.21. The molecule has 0 bridgehead atoms. The summed E-state index contributed by atoms with van der Waals surface area (Å²) in [5.41, 5.74) is 5.58. The summed E-state index contributed by atoms with van der Waals surface area (Å²) in [6.07, 6.45) is 1.59. The van der Waals surface area contributed by atoms with Crippen molar-refractivity contribution in [2.45, 2.75) is 19.4 Å². The van der Waals surface area contributed by atoms with E-state index in [4.69, 9.17) is 5.73 Å². The first-order valence-electron chi connectivity index (χ1n) is 6.27. The number of anilines is 2. The van der Waals surface area contributed by atoms with Crippen molar-refractivity contribution in [3.8, 4) is 0 Å². The zero-order chi connectivity index (χ0) is 14.8. The molecular formula is C15H17N3O2. The first-order valence-corrected chi connectivity index (χ1v) is 6.27. The summed E-state index contributed by atoms with van der Waals surface area (Å²) < 4.78 is 1.39. The Morgan fingerprint density at radius 2 is 1.80 bits per heavy atom. The fraction of sp³-hybridized carbons (Fsp3) is 0.200. The lowest BCUT2D eigenvalue weighted by atomic mass is 10.0. The number of carbonyl (C=O) groups is 1. The first kappa shape index (κ1) is 13.9. The molecule has 1 heterocycles. The van der Waals surface area contributed by atoms with E-state index in [0.717, 1.165) is 0 Å². The lowest BCUT2D eigenvalue weighted by molar-refractivity contribution is -0.123. The molecule has 0 fully saturated rings. The molecule has 0 spiro atoms. The third-order valence-electron chi connectivity index (χ3n) is 3.19. The zero-order valence-electron chi connectivity index (χ0n) is 11.5. The molecule has 0 aliphatic heterocycles. The van der Waals surface area contributed by atoms with Crippen molar-refractivity contribution < 1.29 is 4.79 Å². The molecular weight excluding hydrogens is 254 g/mol. The fourth-order valence-corrected chi connectivity index (χ4v) is 1.88. The third kappa shape index (κ3) is 2.56. The normalized spacial score (nSPS) is 11.1. The number of carbonyl (C=O) groups excluding carboxylic acids is 1. The lowest BCUT2D eigenvalue weighted by Gasteiger charge is -2.26. The maximum absolute atomic E-state index is 12.4. The monoisotopic (exact) mass is 271 g/mol. The van der Waals surface area contributed by atoms with Crippen molar-refractivity contribution in [2.24, 2.45) is 0 Å². The molecule has 2 rings (SSSR count). The number of hydrogen-bond acceptors (Lipinski definition) is 3. The van der Waals surface area contributed by atoms with Gasteiger partial charge >= 0.3 is 0 Å². The van der Waals surface area contributed by atoms with Gasteiger partial charge < -0.3 is 15.6 Å².